The number of nitrogens with zero attached hydrogens (tertiary/aromatic N) is 2. The van der Waals surface area contributed by atoms with Crippen LogP contribution in [0.15, 0.2) is 41.3 Å². The first-order valence-electron chi connectivity index (χ1n) is 15.2. The summed E-state index contributed by atoms with van der Waals surface area (Å²) in [6.07, 6.45) is 2.25. The quantitative estimate of drug-likeness (QED) is 0.217. The molecule has 7 nitrogen and oxygen atoms in total. The number of rotatable bonds is 14. The summed E-state index contributed by atoms with van der Waals surface area (Å²) >= 11 is 0. The van der Waals surface area contributed by atoms with Crippen LogP contribution in [0.2, 0.25) is 0 Å². The number of carbonyl (C=O) groups is 2. The highest BCUT2D eigenvalue weighted by Crippen LogP contribution is 2.38. The number of aliphatic carboxylic acids is 1. The van der Waals surface area contributed by atoms with Gasteiger partial charge < -0.3 is 19.3 Å². The van der Waals surface area contributed by atoms with E-state index in [9.17, 15) is 19.5 Å². The monoisotopic (exact) mass is 606 g/mol. The Hall–Kier alpha value is -3.78. The zero-order valence-corrected chi connectivity index (χ0v) is 27.6. The van der Waals surface area contributed by atoms with Crippen molar-refractivity contribution in [1.82, 2.24) is 9.47 Å². The van der Waals surface area contributed by atoms with Crippen molar-refractivity contribution >= 4 is 11.8 Å². The lowest BCUT2D eigenvalue weighted by atomic mass is 9.83. The molecule has 2 atom stereocenters. The summed E-state index contributed by atoms with van der Waals surface area (Å²) in [5.74, 6) is -2.08. The first-order valence-corrected chi connectivity index (χ1v) is 15.2. The van der Waals surface area contributed by atoms with E-state index in [0.717, 1.165) is 39.9 Å². The first kappa shape index (κ1) is 34.7. The highest BCUT2D eigenvalue weighted by Gasteiger charge is 2.30. The van der Waals surface area contributed by atoms with E-state index in [0.29, 0.717) is 24.2 Å². The van der Waals surface area contributed by atoms with E-state index in [-0.39, 0.29) is 29.2 Å². The Morgan fingerprint density at radius 3 is 2.27 bits per heavy atom. The molecule has 8 heteroatoms. The summed E-state index contributed by atoms with van der Waals surface area (Å²) < 4.78 is 22.9. The molecule has 1 heterocycles. The molecule has 2 aromatic carbocycles. The van der Waals surface area contributed by atoms with Gasteiger partial charge in [0.25, 0.3) is 5.56 Å². The third-order valence-corrected chi connectivity index (χ3v) is 8.35. The fraction of sp³-hybridized carbons (Fsp3) is 0.472. The third-order valence-electron chi connectivity index (χ3n) is 8.35. The Labute approximate surface area is 260 Å². The molecule has 3 rings (SSSR count). The molecule has 1 aromatic heterocycles. The van der Waals surface area contributed by atoms with Gasteiger partial charge in [0.15, 0.2) is 5.78 Å². The fourth-order valence-corrected chi connectivity index (χ4v) is 6.00. The number of carbonyl (C=O) groups excluding carboxylic acids is 1. The predicted octanol–water partition coefficient (Wildman–Crippen LogP) is 6.81. The second-order valence-corrected chi connectivity index (χ2v) is 12.7. The molecule has 0 saturated heterocycles. The smallest absolute Gasteiger partial charge is 0.303 e. The minimum absolute atomic E-state index is 0.0848. The van der Waals surface area contributed by atoms with Gasteiger partial charge in [0.2, 0.25) is 0 Å². The summed E-state index contributed by atoms with van der Waals surface area (Å²) in [5.41, 5.74) is 5.56. The third kappa shape index (κ3) is 8.23. The van der Waals surface area contributed by atoms with Crippen molar-refractivity contribution in [2.24, 2.45) is 5.92 Å². The van der Waals surface area contributed by atoms with Gasteiger partial charge in [-0.25, -0.2) is 4.39 Å². The number of carboxylic acids is 1. The molecular formula is C36H47FN2O5. The molecule has 1 unspecified atom stereocenters. The van der Waals surface area contributed by atoms with Crippen molar-refractivity contribution in [3.8, 4) is 16.9 Å². The maximum Gasteiger partial charge on any atom is 0.303 e. The standard InChI is InChI=1S/C36H47FN2O5/c1-21(2)14-30(39-20-26(12-13-38(7)8)23(4)16-33(39)41)31(40)18-27(19-34(42)43)29-17-28(15-24(5)36(29)37)35-22(3)10-11-32(44-9)25(35)6/h10-11,15-17,20-21,27,30H,12-14,18-19H2,1-9H3,(H,42,43)/t27-,30?/m0/s1. The fourth-order valence-electron chi connectivity index (χ4n) is 6.00. The number of pyridine rings is 1. The van der Waals surface area contributed by atoms with Crippen molar-refractivity contribution in [3.05, 3.63) is 86.1 Å². The molecular weight excluding hydrogens is 559 g/mol. The summed E-state index contributed by atoms with van der Waals surface area (Å²) in [5, 5.41) is 9.87. The van der Waals surface area contributed by atoms with Crippen molar-refractivity contribution in [1.29, 1.82) is 0 Å². The Morgan fingerprint density at radius 1 is 1.00 bits per heavy atom. The summed E-state index contributed by atoms with van der Waals surface area (Å²) in [4.78, 5) is 41.5. The van der Waals surface area contributed by atoms with Crippen molar-refractivity contribution < 1.29 is 23.8 Å². The molecule has 238 valence electrons. The van der Waals surface area contributed by atoms with E-state index in [1.807, 2.05) is 60.8 Å². The minimum Gasteiger partial charge on any atom is -0.496 e. The van der Waals surface area contributed by atoms with E-state index in [2.05, 4.69) is 4.90 Å². The molecule has 0 aliphatic carbocycles. The Morgan fingerprint density at radius 2 is 1.68 bits per heavy atom. The minimum atomic E-state index is -1.13. The lowest BCUT2D eigenvalue weighted by molar-refractivity contribution is -0.137. The first-order chi connectivity index (χ1) is 20.6. The number of hydrogen-bond acceptors (Lipinski definition) is 5. The van der Waals surface area contributed by atoms with Crippen LogP contribution in [0.5, 0.6) is 5.75 Å². The number of benzene rings is 2. The average Bonchev–Trinajstić information content (AvgIpc) is 2.92. The van der Waals surface area contributed by atoms with Gasteiger partial charge in [-0.15, -0.1) is 0 Å². The molecule has 0 amide bonds. The highest BCUT2D eigenvalue weighted by atomic mass is 19.1. The van der Waals surface area contributed by atoms with Crippen LogP contribution in [0.25, 0.3) is 11.1 Å². The largest absolute Gasteiger partial charge is 0.496 e. The van der Waals surface area contributed by atoms with Crippen molar-refractivity contribution in [3.63, 3.8) is 0 Å². The Bertz CT molecular complexity index is 1570. The van der Waals surface area contributed by atoms with Crippen LogP contribution in [0.1, 0.15) is 78.5 Å². The van der Waals surface area contributed by atoms with Crippen molar-refractivity contribution in [2.45, 2.75) is 79.2 Å². The molecule has 44 heavy (non-hydrogen) atoms. The molecule has 0 aliphatic rings. The lowest BCUT2D eigenvalue weighted by Gasteiger charge is -2.25. The number of aryl methyl sites for hydroxylation is 3. The molecule has 3 aromatic rings. The number of likely N-dealkylation sites (N-methyl/N-ethyl adjacent to an activating group) is 1. The summed E-state index contributed by atoms with van der Waals surface area (Å²) in [6.45, 7) is 12.2. The number of ether oxygens (including phenoxy) is 1. The van der Waals surface area contributed by atoms with Gasteiger partial charge in [0, 0.05) is 31.1 Å². The Kier molecular flexibility index (Phi) is 11.7. The summed E-state index contributed by atoms with van der Waals surface area (Å²) in [6, 6.07) is 7.99. The van der Waals surface area contributed by atoms with Crippen LogP contribution in [0.3, 0.4) is 0 Å². The highest BCUT2D eigenvalue weighted by molar-refractivity contribution is 5.84. The van der Waals surface area contributed by atoms with E-state index >= 15 is 4.39 Å². The topological polar surface area (TPSA) is 88.8 Å². The number of halogens is 1. The lowest BCUT2D eigenvalue weighted by Crippen LogP contribution is -2.32. The van der Waals surface area contributed by atoms with Crippen molar-refractivity contribution in [2.75, 3.05) is 27.7 Å². The molecule has 0 saturated carbocycles. The maximum absolute atomic E-state index is 15.9. The zero-order valence-electron chi connectivity index (χ0n) is 27.6. The summed E-state index contributed by atoms with van der Waals surface area (Å²) in [7, 11) is 5.55. The Balaban J connectivity index is 2.12. The van der Waals surface area contributed by atoms with Gasteiger partial charge in [-0.05, 0) is 123 Å². The molecule has 0 aliphatic heterocycles. The average molecular weight is 607 g/mol. The van der Waals surface area contributed by atoms with Gasteiger partial charge in [-0.3, -0.25) is 14.4 Å². The molecule has 0 radical (unpaired) electrons. The number of aromatic nitrogens is 1. The zero-order chi connectivity index (χ0) is 32.9. The number of hydrogen-bond donors (Lipinski definition) is 1. The van der Waals surface area contributed by atoms with Gasteiger partial charge in [-0.2, -0.15) is 0 Å². The molecule has 0 bridgehead atoms. The van der Waals surface area contributed by atoms with Crippen LogP contribution >= 0.6 is 0 Å². The molecule has 0 spiro atoms. The van der Waals surface area contributed by atoms with Gasteiger partial charge in [-0.1, -0.05) is 19.9 Å². The normalized spacial score (nSPS) is 12.9. The molecule has 1 N–H and O–H groups in total. The predicted molar refractivity (Wildman–Crippen MR) is 173 cm³/mol. The van der Waals surface area contributed by atoms with Gasteiger partial charge in [0.05, 0.1) is 19.6 Å². The van der Waals surface area contributed by atoms with E-state index < -0.39 is 30.2 Å². The van der Waals surface area contributed by atoms with E-state index in [1.165, 1.54) is 4.57 Å². The van der Waals surface area contributed by atoms with E-state index in [1.54, 1.807) is 38.4 Å². The van der Waals surface area contributed by atoms with Crippen LogP contribution in [0, 0.1) is 39.4 Å². The van der Waals surface area contributed by atoms with Crippen LogP contribution in [0.4, 0.5) is 4.39 Å². The number of carboxylic acid groups (broad SMARTS) is 1. The van der Waals surface area contributed by atoms with Gasteiger partial charge in [0.1, 0.15) is 11.6 Å². The SMILES string of the molecule is COc1ccc(C)c(-c2cc(C)c(F)c([C@H](CC(=O)O)CC(=O)C(CC(C)C)n3cc(CCN(C)C)c(C)cc3=O)c2)c1C. The molecule has 0 fully saturated rings. The van der Waals surface area contributed by atoms with Crippen LogP contribution < -0.4 is 10.3 Å². The second kappa shape index (κ2) is 14.8. The second-order valence-electron chi connectivity index (χ2n) is 12.7. The number of ketones is 1. The maximum atomic E-state index is 15.9. The van der Waals surface area contributed by atoms with Crippen LogP contribution in [-0.2, 0) is 16.0 Å². The van der Waals surface area contributed by atoms with Gasteiger partial charge >= 0.3 is 5.97 Å². The van der Waals surface area contributed by atoms with E-state index in [4.69, 9.17) is 4.74 Å². The number of Topliss-reactive ketones (excluding diaryl/α,β-unsaturated/α-hetero) is 1. The number of methoxy groups -OCH3 is 1. The van der Waals surface area contributed by atoms with Crippen LogP contribution in [-0.4, -0.2) is 54.1 Å².